The SMILES string of the molecule is CN(C(=O)c1nc[nH]c1C(N)=O)c1ccc(NC(=O)c2ccc(Cl)cc2)cc1. The van der Waals surface area contributed by atoms with Crippen LogP contribution in [0.15, 0.2) is 54.9 Å². The Balaban J connectivity index is 1.72. The van der Waals surface area contributed by atoms with Crippen molar-refractivity contribution in [3.05, 3.63) is 76.8 Å². The Morgan fingerprint density at radius 3 is 2.32 bits per heavy atom. The molecule has 0 saturated heterocycles. The first-order valence-electron chi connectivity index (χ1n) is 8.15. The molecular weight excluding hydrogens is 382 g/mol. The van der Waals surface area contributed by atoms with E-state index in [4.69, 9.17) is 17.3 Å². The molecule has 0 bridgehead atoms. The number of aromatic nitrogens is 2. The van der Waals surface area contributed by atoms with Crippen molar-refractivity contribution in [3.8, 4) is 0 Å². The summed E-state index contributed by atoms with van der Waals surface area (Å²) in [6.07, 6.45) is 1.23. The first-order chi connectivity index (χ1) is 13.4. The topological polar surface area (TPSA) is 121 Å². The fraction of sp³-hybridized carbons (Fsp3) is 0.0526. The molecule has 142 valence electrons. The molecule has 3 aromatic rings. The van der Waals surface area contributed by atoms with E-state index in [1.165, 1.54) is 11.2 Å². The summed E-state index contributed by atoms with van der Waals surface area (Å²) in [4.78, 5) is 43.9. The predicted octanol–water partition coefficient (Wildman–Crippen LogP) is 2.69. The third-order valence-corrected chi connectivity index (χ3v) is 4.26. The van der Waals surface area contributed by atoms with E-state index in [0.29, 0.717) is 22.0 Å². The molecule has 2 aromatic carbocycles. The Labute approximate surface area is 165 Å². The zero-order valence-electron chi connectivity index (χ0n) is 14.8. The largest absolute Gasteiger partial charge is 0.364 e. The van der Waals surface area contributed by atoms with E-state index in [-0.39, 0.29) is 17.3 Å². The fourth-order valence-corrected chi connectivity index (χ4v) is 2.62. The molecule has 3 rings (SSSR count). The van der Waals surface area contributed by atoms with Crippen molar-refractivity contribution in [3.63, 3.8) is 0 Å². The Morgan fingerprint density at radius 2 is 1.71 bits per heavy atom. The van der Waals surface area contributed by atoms with Crippen molar-refractivity contribution in [2.75, 3.05) is 17.3 Å². The van der Waals surface area contributed by atoms with Gasteiger partial charge in [0.2, 0.25) is 0 Å². The van der Waals surface area contributed by atoms with E-state index < -0.39 is 11.8 Å². The fourth-order valence-electron chi connectivity index (χ4n) is 2.49. The van der Waals surface area contributed by atoms with Gasteiger partial charge < -0.3 is 20.9 Å². The van der Waals surface area contributed by atoms with E-state index in [2.05, 4.69) is 15.3 Å². The normalized spacial score (nSPS) is 10.4. The first-order valence-corrected chi connectivity index (χ1v) is 8.53. The molecule has 9 heteroatoms. The van der Waals surface area contributed by atoms with Crippen LogP contribution in [0.3, 0.4) is 0 Å². The van der Waals surface area contributed by atoms with Gasteiger partial charge in [-0.2, -0.15) is 0 Å². The maximum absolute atomic E-state index is 12.6. The number of carbonyl (C=O) groups is 3. The van der Waals surface area contributed by atoms with Gasteiger partial charge in [-0.3, -0.25) is 14.4 Å². The number of halogens is 1. The van der Waals surface area contributed by atoms with Gasteiger partial charge in [0, 0.05) is 29.0 Å². The smallest absolute Gasteiger partial charge is 0.279 e. The van der Waals surface area contributed by atoms with Gasteiger partial charge in [-0.05, 0) is 48.5 Å². The van der Waals surface area contributed by atoms with E-state index in [9.17, 15) is 14.4 Å². The number of rotatable bonds is 5. The second kappa shape index (κ2) is 7.93. The average Bonchev–Trinajstić information content (AvgIpc) is 3.18. The number of H-pyrrole nitrogens is 1. The predicted molar refractivity (Wildman–Crippen MR) is 106 cm³/mol. The maximum Gasteiger partial charge on any atom is 0.279 e. The van der Waals surface area contributed by atoms with Crippen LogP contribution in [0.1, 0.15) is 31.3 Å². The Bertz CT molecular complexity index is 1030. The van der Waals surface area contributed by atoms with Crippen LogP contribution in [0.5, 0.6) is 0 Å². The highest BCUT2D eigenvalue weighted by molar-refractivity contribution is 6.30. The number of nitrogens with zero attached hydrogens (tertiary/aromatic N) is 2. The molecule has 1 heterocycles. The number of hydrogen-bond donors (Lipinski definition) is 3. The summed E-state index contributed by atoms with van der Waals surface area (Å²) in [5.41, 5.74) is 6.69. The van der Waals surface area contributed by atoms with Crippen LogP contribution in [0.25, 0.3) is 0 Å². The van der Waals surface area contributed by atoms with Crippen molar-refractivity contribution in [2.45, 2.75) is 0 Å². The van der Waals surface area contributed by atoms with Crippen molar-refractivity contribution >= 4 is 40.7 Å². The molecule has 8 nitrogen and oxygen atoms in total. The van der Waals surface area contributed by atoms with Gasteiger partial charge >= 0.3 is 0 Å². The van der Waals surface area contributed by atoms with Crippen LogP contribution in [-0.2, 0) is 0 Å². The summed E-state index contributed by atoms with van der Waals surface area (Å²) in [6.45, 7) is 0. The lowest BCUT2D eigenvalue weighted by atomic mass is 10.2. The Hall–Kier alpha value is -3.65. The van der Waals surface area contributed by atoms with E-state index in [1.807, 2.05) is 0 Å². The quantitative estimate of drug-likeness (QED) is 0.612. The van der Waals surface area contributed by atoms with E-state index in [1.54, 1.807) is 55.6 Å². The zero-order valence-corrected chi connectivity index (χ0v) is 15.5. The standard InChI is InChI=1S/C19H16ClN5O3/c1-25(19(28)16-15(17(21)26)22-10-23-16)14-8-6-13(7-9-14)24-18(27)11-2-4-12(20)5-3-11/h2-10H,1H3,(H2,21,26)(H,22,23)(H,24,27). The van der Waals surface area contributed by atoms with Crippen LogP contribution in [-0.4, -0.2) is 34.7 Å². The van der Waals surface area contributed by atoms with Crippen LogP contribution in [0.4, 0.5) is 11.4 Å². The molecule has 1 aromatic heterocycles. The zero-order chi connectivity index (χ0) is 20.3. The summed E-state index contributed by atoms with van der Waals surface area (Å²) in [6, 6.07) is 13.2. The summed E-state index contributed by atoms with van der Waals surface area (Å²) < 4.78 is 0. The van der Waals surface area contributed by atoms with Gasteiger partial charge in [-0.25, -0.2) is 4.98 Å². The monoisotopic (exact) mass is 397 g/mol. The molecular formula is C19H16ClN5O3. The minimum atomic E-state index is -0.769. The number of amides is 3. The second-order valence-electron chi connectivity index (χ2n) is 5.86. The molecule has 28 heavy (non-hydrogen) atoms. The van der Waals surface area contributed by atoms with E-state index in [0.717, 1.165) is 0 Å². The van der Waals surface area contributed by atoms with Crippen LogP contribution < -0.4 is 16.0 Å². The number of benzene rings is 2. The van der Waals surface area contributed by atoms with Crippen molar-refractivity contribution < 1.29 is 14.4 Å². The van der Waals surface area contributed by atoms with Gasteiger partial charge in [0.25, 0.3) is 17.7 Å². The molecule has 0 fully saturated rings. The highest BCUT2D eigenvalue weighted by atomic mass is 35.5. The molecule has 0 spiro atoms. The molecule has 0 aliphatic rings. The number of carbonyl (C=O) groups excluding carboxylic acids is 3. The number of imidazole rings is 1. The minimum Gasteiger partial charge on any atom is -0.364 e. The highest BCUT2D eigenvalue weighted by Crippen LogP contribution is 2.20. The number of nitrogens with two attached hydrogens (primary N) is 1. The molecule has 0 aliphatic carbocycles. The summed E-state index contributed by atoms with van der Waals surface area (Å²) in [7, 11) is 1.54. The summed E-state index contributed by atoms with van der Waals surface area (Å²) >= 11 is 5.82. The molecule has 3 amide bonds. The highest BCUT2D eigenvalue weighted by Gasteiger charge is 2.22. The van der Waals surface area contributed by atoms with Crippen LogP contribution >= 0.6 is 11.6 Å². The van der Waals surface area contributed by atoms with E-state index >= 15 is 0 Å². The van der Waals surface area contributed by atoms with Crippen LogP contribution in [0.2, 0.25) is 5.02 Å². The Kier molecular flexibility index (Phi) is 5.42. The molecule has 0 saturated carbocycles. The maximum atomic E-state index is 12.6. The lowest BCUT2D eigenvalue weighted by Gasteiger charge is -2.17. The number of primary amides is 1. The minimum absolute atomic E-state index is 0.0521. The lowest BCUT2D eigenvalue weighted by molar-refractivity contribution is 0.0958. The molecule has 0 atom stereocenters. The van der Waals surface area contributed by atoms with Gasteiger partial charge in [-0.15, -0.1) is 0 Å². The first kappa shape index (κ1) is 19.1. The molecule has 0 unspecified atom stereocenters. The second-order valence-corrected chi connectivity index (χ2v) is 6.30. The molecule has 0 aliphatic heterocycles. The summed E-state index contributed by atoms with van der Waals surface area (Å²) in [5.74, 6) is -1.54. The summed E-state index contributed by atoms with van der Waals surface area (Å²) in [5, 5.41) is 3.31. The third kappa shape index (κ3) is 4.02. The van der Waals surface area contributed by atoms with Gasteiger partial charge in [0.05, 0.1) is 6.33 Å². The van der Waals surface area contributed by atoms with Crippen LogP contribution in [0, 0.1) is 0 Å². The Morgan fingerprint density at radius 1 is 1.07 bits per heavy atom. The number of anilines is 2. The van der Waals surface area contributed by atoms with Gasteiger partial charge in [0.15, 0.2) is 5.69 Å². The average molecular weight is 398 g/mol. The third-order valence-electron chi connectivity index (χ3n) is 4.01. The van der Waals surface area contributed by atoms with Crippen molar-refractivity contribution in [1.82, 2.24) is 9.97 Å². The van der Waals surface area contributed by atoms with Gasteiger partial charge in [0.1, 0.15) is 5.69 Å². The number of aromatic amines is 1. The molecule has 4 N–H and O–H groups in total. The number of nitrogens with one attached hydrogen (secondary N) is 2. The van der Waals surface area contributed by atoms with Crippen molar-refractivity contribution in [1.29, 1.82) is 0 Å². The lowest BCUT2D eigenvalue weighted by Crippen LogP contribution is -2.29. The van der Waals surface area contributed by atoms with Gasteiger partial charge in [-0.1, -0.05) is 11.6 Å². The van der Waals surface area contributed by atoms with Crippen molar-refractivity contribution in [2.24, 2.45) is 5.73 Å². The molecule has 0 radical (unpaired) electrons. The number of hydrogen-bond acceptors (Lipinski definition) is 4.